The third-order valence-electron chi connectivity index (χ3n) is 11.0. The van der Waals surface area contributed by atoms with Crippen LogP contribution in [0.4, 0.5) is 0 Å². The molecule has 272 valence electrons. The van der Waals surface area contributed by atoms with Gasteiger partial charge in [0, 0.05) is 0 Å². The Morgan fingerprint density at radius 2 is 0.456 bits per heavy atom. The molecule has 1 heteroatoms. The number of aliphatic hydroxyl groups is 1. The first-order chi connectivity index (χ1) is 28.2. The minimum Gasteiger partial charge on any atom is -0.392 e. The van der Waals surface area contributed by atoms with E-state index in [2.05, 4.69) is 213 Å². The number of aliphatic hydroxyl groups excluding tert-OH is 1. The van der Waals surface area contributed by atoms with Gasteiger partial charge in [-0.1, -0.05) is 224 Å². The number of rotatable bonds is 9. The molecule has 0 saturated carbocycles. The second-order valence-electron chi connectivity index (χ2n) is 14.6. The molecule has 0 aromatic heterocycles. The van der Waals surface area contributed by atoms with Crippen molar-refractivity contribution in [3.05, 3.63) is 230 Å². The highest BCUT2D eigenvalue weighted by Crippen LogP contribution is 2.56. The van der Waals surface area contributed by atoms with Crippen molar-refractivity contribution in [1.82, 2.24) is 0 Å². The fourth-order valence-corrected chi connectivity index (χ4v) is 8.11. The molecule has 0 aliphatic carbocycles. The number of hydrogen-bond donors (Lipinski definition) is 1. The molecule has 9 rings (SSSR count). The lowest BCUT2D eigenvalue weighted by Crippen LogP contribution is -2.02. The van der Waals surface area contributed by atoms with Gasteiger partial charge in [0.15, 0.2) is 0 Å². The van der Waals surface area contributed by atoms with E-state index in [-0.39, 0.29) is 6.61 Å². The number of aryl methyl sites for hydroxylation is 1. The molecule has 9 aromatic carbocycles. The minimum absolute atomic E-state index is 0.0319. The molecule has 0 aliphatic rings. The normalized spacial score (nSPS) is 11.1. The van der Waals surface area contributed by atoms with E-state index in [1.807, 2.05) is 12.1 Å². The molecule has 0 aliphatic heterocycles. The van der Waals surface area contributed by atoms with Gasteiger partial charge in [0.25, 0.3) is 0 Å². The molecule has 0 atom stereocenters. The summed E-state index contributed by atoms with van der Waals surface area (Å²) in [4.78, 5) is 0. The SMILES string of the molecule is Cc1ccc(-c2ccc(-c3c(-c4ccccc4)c(-c4ccccc4)c(-c4ccc(-c5ccc(CO)cc5)cc4)c(-c4ccccc4)c3-c3ccccc3)cc2)cc1. The van der Waals surface area contributed by atoms with Crippen molar-refractivity contribution in [3.8, 4) is 89.0 Å². The van der Waals surface area contributed by atoms with Crippen LogP contribution in [0, 0.1) is 6.92 Å². The highest BCUT2D eigenvalue weighted by Gasteiger charge is 2.29. The maximum atomic E-state index is 9.67. The molecule has 57 heavy (non-hydrogen) atoms. The van der Waals surface area contributed by atoms with E-state index < -0.39 is 0 Å². The van der Waals surface area contributed by atoms with Crippen LogP contribution in [0.2, 0.25) is 0 Å². The molecule has 1 nitrogen and oxygen atoms in total. The van der Waals surface area contributed by atoms with Gasteiger partial charge in [-0.25, -0.2) is 0 Å². The van der Waals surface area contributed by atoms with E-state index in [0.717, 1.165) is 50.1 Å². The van der Waals surface area contributed by atoms with E-state index in [1.54, 1.807) is 0 Å². The van der Waals surface area contributed by atoms with Crippen LogP contribution in [0.5, 0.6) is 0 Å². The Balaban J connectivity index is 1.42. The van der Waals surface area contributed by atoms with Crippen molar-refractivity contribution >= 4 is 0 Å². The van der Waals surface area contributed by atoms with Crippen molar-refractivity contribution in [1.29, 1.82) is 0 Å². The van der Waals surface area contributed by atoms with Crippen molar-refractivity contribution in [2.24, 2.45) is 0 Å². The maximum Gasteiger partial charge on any atom is 0.0681 e. The summed E-state index contributed by atoms with van der Waals surface area (Å²) in [6.07, 6.45) is 0. The highest BCUT2D eigenvalue weighted by atomic mass is 16.3. The van der Waals surface area contributed by atoms with Gasteiger partial charge in [0.2, 0.25) is 0 Å². The summed E-state index contributed by atoms with van der Waals surface area (Å²) in [5.41, 5.74) is 20.9. The predicted molar refractivity (Wildman–Crippen MR) is 241 cm³/mol. The molecule has 0 bridgehead atoms. The lowest BCUT2D eigenvalue weighted by atomic mass is 9.74. The van der Waals surface area contributed by atoms with E-state index in [4.69, 9.17) is 0 Å². The second-order valence-corrected chi connectivity index (χ2v) is 14.6. The van der Waals surface area contributed by atoms with Crippen LogP contribution in [0.1, 0.15) is 11.1 Å². The first-order valence-electron chi connectivity index (χ1n) is 19.6. The molecule has 0 unspecified atom stereocenters. The van der Waals surface area contributed by atoms with Crippen molar-refractivity contribution < 1.29 is 5.11 Å². The van der Waals surface area contributed by atoms with Gasteiger partial charge in [-0.2, -0.15) is 0 Å². The van der Waals surface area contributed by atoms with Gasteiger partial charge in [0.05, 0.1) is 6.61 Å². The molecule has 1 N–H and O–H groups in total. The maximum absolute atomic E-state index is 9.67. The summed E-state index contributed by atoms with van der Waals surface area (Å²) in [7, 11) is 0. The number of hydrogen-bond acceptors (Lipinski definition) is 1. The Labute approximate surface area is 335 Å². The van der Waals surface area contributed by atoms with Gasteiger partial charge in [0.1, 0.15) is 0 Å². The Hall–Kier alpha value is -7.06. The van der Waals surface area contributed by atoms with Crippen LogP contribution in [0.3, 0.4) is 0 Å². The summed E-state index contributed by atoms with van der Waals surface area (Å²) in [5, 5.41) is 9.67. The molecular formula is C56H42O. The van der Waals surface area contributed by atoms with Crippen LogP contribution in [0.15, 0.2) is 218 Å². The zero-order valence-electron chi connectivity index (χ0n) is 31.9. The summed E-state index contributed by atoms with van der Waals surface area (Å²) in [5.74, 6) is 0. The molecular weight excluding hydrogens is 689 g/mol. The van der Waals surface area contributed by atoms with Gasteiger partial charge < -0.3 is 5.11 Å². The van der Waals surface area contributed by atoms with E-state index in [0.29, 0.717) is 0 Å². The first kappa shape index (κ1) is 35.6. The molecule has 0 saturated heterocycles. The van der Waals surface area contributed by atoms with Crippen LogP contribution in [-0.2, 0) is 6.61 Å². The third kappa shape index (κ3) is 7.13. The smallest absolute Gasteiger partial charge is 0.0681 e. The number of benzene rings is 9. The van der Waals surface area contributed by atoms with Gasteiger partial charge >= 0.3 is 0 Å². The van der Waals surface area contributed by atoms with Crippen molar-refractivity contribution in [3.63, 3.8) is 0 Å². The minimum atomic E-state index is 0.0319. The Kier molecular flexibility index (Phi) is 9.98. The quantitative estimate of drug-likeness (QED) is 0.157. The molecule has 0 radical (unpaired) electrons. The molecule has 0 fully saturated rings. The largest absolute Gasteiger partial charge is 0.392 e. The third-order valence-corrected chi connectivity index (χ3v) is 11.0. The van der Waals surface area contributed by atoms with Crippen LogP contribution < -0.4 is 0 Å². The van der Waals surface area contributed by atoms with Gasteiger partial charge in [-0.3, -0.25) is 0 Å². The average Bonchev–Trinajstić information content (AvgIpc) is 3.29. The van der Waals surface area contributed by atoms with Crippen molar-refractivity contribution in [2.75, 3.05) is 0 Å². The fraction of sp³-hybridized carbons (Fsp3) is 0.0357. The molecule has 0 spiro atoms. The topological polar surface area (TPSA) is 20.2 Å². The standard InChI is InChI=1S/C56H42O/c1-39-22-26-41(27-23-39)43-30-34-49(35-31-43)55-51(45-14-6-2-7-15-45)53(47-18-10-4-11-19-47)56(50-36-32-44(33-37-50)42-28-24-40(38-57)25-29-42)54(48-20-12-5-13-21-48)52(55)46-16-8-3-9-17-46/h2-37,57H,38H2,1H3. The highest BCUT2D eigenvalue weighted by molar-refractivity contribution is 6.15. The van der Waals surface area contributed by atoms with E-state index in [9.17, 15) is 5.11 Å². The fourth-order valence-electron chi connectivity index (χ4n) is 8.11. The zero-order chi connectivity index (χ0) is 38.6. The molecule has 0 amide bonds. The summed E-state index contributed by atoms with van der Waals surface area (Å²) < 4.78 is 0. The summed E-state index contributed by atoms with van der Waals surface area (Å²) in [6.45, 7) is 2.16. The lowest BCUT2D eigenvalue weighted by Gasteiger charge is -2.29. The van der Waals surface area contributed by atoms with E-state index >= 15 is 0 Å². The van der Waals surface area contributed by atoms with Gasteiger partial charge in [-0.15, -0.1) is 0 Å². The van der Waals surface area contributed by atoms with Gasteiger partial charge in [-0.05, 0) is 102 Å². The monoisotopic (exact) mass is 730 g/mol. The van der Waals surface area contributed by atoms with Crippen LogP contribution in [0.25, 0.3) is 89.0 Å². The Morgan fingerprint density at radius 1 is 0.246 bits per heavy atom. The summed E-state index contributed by atoms with van der Waals surface area (Å²) >= 11 is 0. The van der Waals surface area contributed by atoms with E-state index in [1.165, 1.54) is 50.1 Å². The summed E-state index contributed by atoms with van der Waals surface area (Å²) in [6, 6.07) is 78.8. The molecule has 9 aromatic rings. The predicted octanol–water partition coefficient (Wildman–Crippen LogP) is 14.8. The Bertz CT molecular complexity index is 2630. The van der Waals surface area contributed by atoms with Crippen LogP contribution >= 0.6 is 0 Å². The zero-order valence-corrected chi connectivity index (χ0v) is 31.9. The second kappa shape index (κ2) is 16.0. The first-order valence-corrected chi connectivity index (χ1v) is 19.6. The van der Waals surface area contributed by atoms with Crippen molar-refractivity contribution in [2.45, 2.75) is 13.5 Å². The average molecular weight is 731 g/mol. The lowest BCUT2D eigenvalue weighted by molar-refractivity contribution is 0.282. The molecule has 0 heterocycles. The Morgan fingerprint density at radius 3 is 0.719 bits per heavy atom. The van der Waals surface area contributed by atoms with Crippen LogP contribution in [-0.4, -0.2) is 5.11 Å².